The smallest absolute Gasteiger partial charge is 0.307 e. The maximum absolute atomic E-state index is 14.1. The number of ether oxygens (including phenoxy) is 1. The Morgan fingerprint density at radius 1 is 1.10 bits per heavy atom. The van der Waals surface area contributed by atoms with E-state index in [1.807, 2.05) is 26.2 Å². The number of Topliss-reactive ketones (excluding diaryl/α,β-unsaturated/α-hetero) is 1. The number of fused-ring (bicyclic) bond motifs is 1. The molecule has 3 heterocycles. The summed E-state index contributed by atoms with van der Waals surface area (Å²) in [5.41, 5.74) is 1.72. The standard InChI is InChI=1S/C31H32Cl2N2O5S/c1-16(2)20(30(38)39)13-21-26(29(37)31(4,5)6)24-12-19(40-14-25-34-17(3)15-41-25)9-10-35(24)27(21)28(36)18-7-8-22(32)23(33)11-18/h7-12,15-16,20H,13-14H2,1-6H3,(H,38,39). The third kappa shape index (κ3) is 6.50. The lowest BCUT2D eigenvalue weighted by Gasteiger charge is -2.20. The van der Waals surface area contributed by atoms with Crippen LogP contribution in [0.5, 0.6) is 5.75 Å². The summed E-state index contributed by atoms with van der Waals surface area (Å²) in [7, 11) is 0. The van der Waals surface area contributed by atoms with Gasteiger partial charge in [0.05, 0.1) is 27.2 Å². The number of hydrogen-bond donors (Lipinski definition) is 1. The van der Waals surface area contributed by atoms with Gasteiger partial charge in [0.2, 0.25) is 5.78 Å². The first-order valence-electron chi connectivity index (χ1n) is 13.2. The number of hydrogen-bond acceptors (Lipinski definition) is 6. The first-order chi connectivity index (χ1) is 19.2. The van der Waals surface area contributed by atoms with Crippen LogP contribution in [0, 0.1) is 24.2 Å². The zero-order chi connectivity index (χ0) is 30.2. The Bertz CT molecular complexity index is 1650. The summed E-state index contributed by atoms with van der Waals surface area (Å²) in [4.78, 5) is 44.9. The minimum Gasteiger partial charge on any atom is -0.486 e. The predicted molar refractivity (Wildman–Crippen MR) is 162 cm³/mol. The zero-order valence-corrected chi connectivity index (χ0v) is 26.1. The van der Waals surface area contributed by atoms with Gasteiger partial charge in [0.25, 0.3) is 0 Å². The van der Waals surface area contributed by atoms with Crippen molar-refractivity contribution in [2.45, 2.75) is 54.6 Å². The highest BCUT2D eigenvalue weighted by Gasteiger charge is 2.36. The number of nitrogens with zero attached hydrogens (tertiary/aromatic N) is 2. The van der Waals surface area contributed by atoms with Crippen molar-refractivity contribution < 1.29 is 24.2 Å². The van der Waals surface area contributed by atoms with Gasteiger partial charge in [-0.15, -0.1) is 11.3 Å². The maximum Gasteiger partial charge on any atom is 0.307 e. The molecular weight excluding hydrogens is 583 g/mol. The van der Waals surface area contributed by atoms with E-state index in [2.05, 4.69) is 4.98 Å². The van der Waals surface area contributed by atoms with Crippen LogP contribution in [-0.2, 0) is 17.8 Å². The Hall–Kier alpha value is -3.20. The van der Waals surface area contributed by atoms with Crippen molar-refractivity contribution in [3.8, 4) is 5.75 Å². The van der Waals surface area contributed by atoms with Crippen molar-refractivity contribution in [3.63, 3.8) is 0 Å². The molecule has 1 N–H and O–H groups in total. The van der Waals surface area contributed by atoms with Gasteiger partial charge >= 0.3 is 5.97 Å². The fraction of sp³-hybridized carbons (Fsp3) is 0.355. The van der Waals surface area contributed by atoms with Crippen molar-refractivity contribution >= 4 is 57.6 Å². The summed E-state index contributed by atoms with van der Waals surface area (Å²) in [6, 6.07) is 8.01. The van der Waals surface area contributed by atoms with E-state index in [1.165, 1.54) is 23.5 Å². The molecular formula is C31H32Cl2N2O5S. The van der Waals surface area contributed by atoms with Crippen LogP contribution in [0.25, 0.3) is 5.52 Å². The van der Waals surface area contributed by atoms with E-state index in [0.717, 1.165) is 10.7 Å². The summed E-state index contributed by atoms with van der Waals surface area (Å²) >= 11 is 13.8. The molecule has 7 nitrogen and oxygen atoms in total. The third-order valence-electron chi connectivity index (χ3n) is 6.89. The molecule has 4 aromatic rings. The summed E-state index contributed by atoms with van der Waals surface area (Å²) in [6.45, 7) is 11.2. The summed E-state index contributed by atoms with van der Waals surface area (Å²) in [5, 5.41) is 13.3. The lowest BCUT2D eigenvalue weighted by Crippen LogP contribution is -2.26. The zero-order valence-electron chi connectivity index (χ0n) is 23.7. The number of rotatable bonds is 10. The fourth-order valence-corrected chi connectivity index (χ4v) is 5.65. The number of carboxylic acid groups (broad SMARTS) is 1. The van der Waals surface area contributed by atoms with Crippen molar-refractivity contribution in [1.29, 1.82) is 0 Å². The molecule has 4 rings (SSSR count). The first kappa shape index (κ1) is 30.8. The van der Waals surface area contributed by atoms with E-state index in [4.69, 9.17) is 27.9 Å². The molecule has 0 aliphatic heterocycles. The molecule has 0 saturated carbocycles. The molecule has 10 heteroatoms. The highest BCUT2D eigenvalue weighted by molar-refractivity contribution is 7.09. The quantitative estimate of drug-likeness (QED) is 0.182. The number of carboxylic acids is 1. The molecule has 41 heavy (non-hydrogen) atoms. The van der Waals surface area contributed by atoms with E-state index < -0.39 is 23.1 Å². The van der Waals surface area contributed by atoms with Gasteiger partial charge in [-0.1, -0.05) is 57.8 Å². The number of ketones is 2. The molecule has 1 atom stereocenters. The van der Waals surface area contributed by atoms with Gasteiger partial charge in [-0.05, 0) is 49.1 Å². The minimum atomic E-state index is -1.000. The molecule has 216 valence electrons. The SMILES string of the molecule is Cc1csc(COc2ccn3c(C(=O)c4ccc(Cl)c(Cl)c4)c(CC(C(=O)O)C(C)C)c(C(=O)C(C)(C)C)c3c2)n1. The van der Waals surface area contributed by atoms with Crippen LogP contribution >= 0.6 is 34.5 Å². The summed E-state index contributed by atoms with van der Waals surface area (Å²) < 4.78 is 7.68. The van der Waals surface area contributed by atoms with Crippen LogP contribution in [0.1, 0.15) is 77.3 Å². The highest BCUT2D eigenvalue weighted by Crippen LogP contribution is 2.36. The van der Waals surface area contributed by atoms with E-state index in [1.54, 1.807) is 49.6 Å². The van der Waals surface area contributed by atoms with Gasteiger partial charge in [0.1, 0.15) is 17.4 Å². The Labute approximate surface area is 253 Å². The van der Waals surface area contributed by atoms with Gasteiger partial charge in [-0.3, -0.25) is 14.4 Å². The van der Waals surface area contributed by atoms with Crippen LogP contribution in [-0.4, -0.2) is 32.0 Å². The molecule has 0 fully saturated rings. The lowest BCUT2D eigenvalue weighted by atomic mass is 9.81. The van der Waals surface area contributed by atoms with E-state index in [-0.39, 0.29) is 41.0 Å². The maximum atomic E-state index is 14.1. The Morgan fingerprint density at radius 3 is 2.37 bits per heavy atom. The number of benzene rings is 1. The number of aliphatic carboxylic acids is 1. The minimum absolute atomic E-state index is 0.0111. The van der Waals surface area contributed by atoms with Crippen molar-refractivity contribution in [2.75, 3.05) is 0 Å². The van der Waals surface area contributed by atoms with Crippen molar-refractivity contribution in [1.82, 2.24) is 9.38 Å². The lowest BCUT2D eigenvalue weighted by molar-refractivity contribution is -0.143. The van der Waals surface area contributed by atoms with Gasteiger partial charge in [0, 0.05) is 39.9 Å². The van der Waals surface area contributed by atoms with Crippen molar-refractivity contribution in [3.05, 3.63) is 85.0 Å². The number of carbonyl (C=O) groups excluding carboxylic acids is 2. The van der Waals surface area contributed by atoms with Gasteiger partial charge < -0.3 is 14.2 Å². The second-order valence-electron chi connectivity index (χ2n) is 11.4. The van der Waals surface area contributed by atoms with E-state index in [9.17, 15) is 19.5 Å². The fourth-order valence-electron chi connectivity index (χ4n) is 4.67. The average molecular weight is 616 g/mol. The van der Waals surface area contributed by atoms with Gasteiger partial charge in [-0.2, -0.15) is 0 Å². The Balaban J connectivity index is 1.98. The number of halogens is 2. The van der Waals surface area contributed by atoms with E-state index in [0.29, 0.717) is 27.4 Å². The normalized spacial score (nSPS) is 12.6. The molecule has 0 aliphatic rings. The molecule has 0 amide bonds. The van der Waals surface area contributed by atoms with Gasteiger partial charge in [0.15, 0.2) is 5.78 Å². The molecule has 1 aromatic carbocycles. The second-order valence-corrected chi connectivity index (χ2v) is 13.2. The Kier molecular flexibility index (Phi) is 8.97. The van der Waals surface area contributed by atoms with Crippen molar-refractivity contribution in [2.24, 2.45) is 17.3 Å². The van der Waals surface area contributed by atoms with Gasteiger partial charge in [-0.25, -0.2) is 4.98 Å². The molecule has 0 saturated heterocycles. The number of carbonyl (C=O) groups is 3. The predicted octanol–water partition coefficient (Wildman–Crippen LogP) is 7.95. The third-order valence-corrected chi connectivity index (χ3v) is 8.57. The Morgan fingerprint density at radius 2 is 1.80 bits per heavy atom. The van der Waals surface area contributed by atoms with Crippen LogP contribution in [0.15, 0.2) is 41.9 Å². The second kappa shape index (κ2) is 12.0. The number of thiazole rings is 1. The first-order valence-corrected chi connectivity index (χ1v) is 14.8. The molecule has 1 unspecified atom stereocenters. The molecule has 0 aliphatic carbocycles. The molecule has 3 aromatic heterocycles. The van der Waals surface area contributed by atoms with E-state index >= 15 is 0 Å². The monoisotopic (exact) mass is 614 g/mol. The molecule has 0 bridgehead atoms. The molecule has 0 spiro atoms. The van der Waals surface area contributed by atoms with Crippen LogP contribution < -0.4 is 4.74 Å². The summed E-state index contributed by atoms with van der Waals surface area (Å²) in [5.74, 6) is -2.20. The van der Waals surface area contributed by atoms with Crippen LogP contribution in [0.4, 0.5) is 0 Å². The highest BCUT2D eigenvalue weighted by atomic mass is 35.5. The number of aromatic nitrogens is 2. The molecule has 0 radical (unpaired) electrons. The summed E-state index contributed by atoms with van der Waals surface area (Å²) in [6.07, 6.45) is 1.67. The average Bonchev–Trinajstić information content (AvgIpc) is 3.45. The topological polar surface area (TPSA) is 98.0 Å². The number of pyridine rings is 1. The number of aryl methyl sites for hydroxylation is 1. The largest absolute Gasteiger partial charge is 0.486 e. The van der Waals surface area contributed by atoms with Crippen LogP contribution in [0.2, 0.25) is 10.0 Å². The van der Waals surface area contributed by atoms with Crippen LogP contribution in [0.3, 0.4) is 0 Å².